The molecule has 0 aliphatic heterocycles. The molecule has 20 heavy (non-hydrogen) atoms. The van der Waals surface area contributed by atoms with Crippen LogP contribution in [0.15, 0.2) is 29.2 Å². The number of methoxy groups -OCH3 is 1. The van der Waals surface area contributed by atoms with Gasteiger partial charge in [0.1, 0.15) is 0 Å². The number of hydrogen-bond donors (Lipinski definition) is 0. The van der Waals surface area contributed by atoms with Gasteiger partial charge in [0.2, 0.25) is 0 Å². The van der Waals surface area contributed by atoms with Crippen LogP contribution in [0.5, 0.6) is 0 Å². The van der Waals surface area contributed by atoms with Crippen LogP contribution in [-0.4, -0.2) is 28.2 Å². The van der Waals surface area contributed by atoms with Gasteiger partial charge in [-0.2, -0.15) is 8.42 Å². The van der Waals surface area contributed by atoms with E-state index in [4.69, 9.17) is 8.92 Å². The van der Waals surface area contributed by atoms with Gasteiger partial charge in [-0.15, -0.1) is 0 Å². The second-order valence-corrected chi connectivity index (χ2v) is 7.06. The Balaban J connectivity index is 1.94. The first-order chi connectivity index (χ1) is 9.51. The molecule has 1 aliphatic rings. The SMILES string of the molecule is CO[C@@H]1CCC[C@H](COS(=O)(=O)c2ccc(C)cc2)C1. The van der Waals surface area contributed by atoms with Crippen molar-refractivity contribution in [2.75, 3.05) is 13.7 Å². The molecule has 0 amide bonds. The average Bonchev–Trinajstić information content (AvgIpc) is 2.46. The molecule has 0 unspecified atom stereocenters. The molecule has 1 fully saturated rings. The van der Waals surface area contributed by atoms with Crippen LogP contribution in [0.1, 0.15) is 31.2 Å². The summed E-state index contributed by atoms with van der Waals surface area (Å²) in [5.74, 6) is 0.258. The average molecular weight is 298 g/mol. The largest absolute Gasteiger partial charge is 0.381 e. The van der Waals surface area contributed by atoms with Crippen LogP contribution in [-0.2, 0) is 19.0 Å². The number of rotatable bonds is 5. The van der Waals surface area contributed by atoms with E-state index < -0.39 is 10.1 Å². The molecule has 112 valence electrons. The first-order valence-electron chi connectivity index (χ1n) is 7.00. The van der Waals surface area contributed by atoms with Crippen LogP contribution in [0.2, 0.25) is 0 Å². The van der Waals surface area contributed by atoms with Crippen LogP contribution >= 0.6 is 0 Å². The fourth-order valence-electron chi connectivity index (χ4n) is 2.57. The van der Waals surface area contributed by atoms with Gasteiger partial charge in [0.15, 0.2) is 0 Å². The minimum Gasteiger partial charge on any atom is -0.381 e. The highest BCUT2D eigenvalue weighted by atomic mass is 32.2. The van der Waals surface area contributed by atoms with Gasteiger partial charge in [-0.1, -0.05) is 24.1 Å². The third-order valence-corrected chi connectivity index (χ3v) is 5.13. The van der Waals surface area contributed by atoms with Crippen molar-refractivity contribution in [3.63, 3.8) is 0 Å². The number of ether oxygens (including phenoxy) is 1. The highest BCUT2D eigenvalue weighted by Gasteiger charge is 2.24. The van der Waals surface area contributed by atoms with Crippen LogP contribution in [0.25, 0.3) is 0 Å². The maximum absolute atomic E-state index is 12.1. The summed E-state index contributed by atoms with van der Waals surface area (Å²) in [6.07, 6.45) is 4.23. The standard InChI is InChI=1S/C15H22O4S/c1-12-6-8-15(9-7-12)20(16,17)19-11-13-4-3-5-14(10-13)18-2/h6-9,13-14H,3-5,10-11H2,1-2H3/t13-,14+/m0/s1. The van der Waals surface area contributed by atoms with E-state index in [9.17, 15) is 8.42 Å². The van der Waals surface area contributed by atoms with Crippen molar-refractivity contribution in [2.24, 2.45) is 5.92 Å². The number of benzene rings is 1. The lowest BCUT2D eigenvalue weighted by molar-refractivity contribution is 0.0400. The summed E-state index contributed by atoms with van der Waals surface area (Å²) in [6, 6.07) is 6.72. The predicted molar refractivity (Wildman–Crippen MR) is 77.1 cm³/mol. The van der Waals surface area contributed by atoms with E-state index in [1.165, 1.54) is 0 Å². The maximum Gasteiger partial charge on any atom is 0.296 e. The van der Waals surface area contributed by atoms with Crippen molar-refractivity contribution >= 4 is 10.1 Å². The third-order valence-electron chi connectivity index (χ3n) is 3.84. The summed E-state index contributed by atoms with van der Waals surface area (Å²) in [6.45, 7) is 2.17. The van der Waals surface area contributed by atoms with E-state index in [0.717, 1.165) is 31.2 Å². The molecule has 0 spiro atoms. The Kier molecular flexibility index (Phi) is 5.18. The van der Waals surface area contributed by atoms with Gasteiger partial charge in [0, 0.05) is 7.11 Å². The van der Waals surface area contributed by atoms with E-state index in [-0.39, 0.29) is 23.5 Å². The van der Waals surface area contributed by atoms with Crippen molar-refractivity contribution in [2.45, 2.75) is 43.6 Å². The highest BCUT2D eigenvalue weighted by molar-refractivity contribution is 7.86. The molecular weight excluding hydrogens is 276 g/mol. The second-order valence-electron chi connectivity index (χ2n) is 5.44. The van der Waals surface area contributed by atoms with E-state index in [1.54, 1.807) is 31.4 Å². The lowest BCUT2D eigenvalue weighted by Gasteiger charge is -2.27. The molecule has 2 rings (SSSR count). The van der Waals surface area contributed by atoms with E-state index in [0.29, 0.717) is 0 Å². The summed E-state index contributed by atoms with van der Waals surface area (Å²) in [5, 5.41) is 0. The molecule has 0 heterocycles. The molecule has 0 aromatic heterocycles. The minimum absolute atomic E-state index is 0.224. The Morgan fingerprint density at radius 1 is 1.20 bits per heavy atom. The van der Waals surface area contributed by atoms with Crippen LogP contribution in [0.4, 0.5) is 0 Å². The summed E-state index contributed by atoms with van der Waals surface area (Å²) < 4.78 is 34.7. The Labute approximate surface area is 121 Å². The zero-order chi connectivity index (χ0) is 14.6. The minimum atomic E-state index is -3.64. The normalized spacial score (nSPS) is 23.7. The quantitative estimate of drug-likeness (QED) is 0.784. The summed E-state index contributed by atoms with van der Waals surface area (Å²) >= 11 is 0. The fraction of sp³-hybridized carbons (Fsp3) is 0.600. The van der Waals surface area contributed by atoms with Crippen LogP contribution in [0.3, 0.4) is 0 Å². The summed E-state index contributed by atoms with van der Waals surface area (Å²) in [7, 11) is -1.94. The molecular formula is C15H22O4S. The zero-order valence-corrected chi connectivity index (χ0v) is 12.9. The van der Waals surface area contributed by atoms with Gasteiger partial charge in [-0.3, -0.25) is 4.18 Å². The van der Waals surface area contributed by atoms with Gasteiger partial charge in [-0.25, -0.2) is 0 Å². The molecule has 0 bridgehead atoms. The summed E-state index contributed by atoms with van der Waals surface area (Å²) in [4.78, 5) is 0.224. The predicted octanol–water partition coefficient (Wildman–Crippen LogP) is 2.91. The molecule has 1 aliphatic carbocycles. The Morgan fingerprint density at radius 2 is 1.90 bits per heavy atom. The van der Waals surface area contributed by atoms with Gasteiger partial charge in [0.25, 0.3) is 10.1 Å². The maximum atomic E-state index is 12.1. The molecule has 0 radical (unpaired) electrons. The van der Waals surface area contributed by atoms with Crippen LogP contribution in [0, 0.1) is 12.8 Å². The van der Waals surface area contributed by atoms with Gasteiger partial charge in [0.05, 0.1) is 17.6 Å². The monoisotopic (exact) mass is 298 g/mol. The summed E-state index contributed by atoms with van der Waals surface area (Å²) in [5.41, 5.74) is 1.03. The molecule has 0 N–H and O–H groups in total. The molecule has 1 aromatic carbocycles. The molecule has 2 atom stereocenters. The topological polar surface area (TPSA) is 52.6 Å². The third kappa shape index (κ3) is 4.04. The van der Waals surface area contributed by atoms with Crippen molar-refractivity contribution in [3.8, 4) is 0 Å². The fourth-order valence-corrected chi connectivity index (χ4v) is 3.54. The van der Waals surface area contributed by atoms with E-state index >= 15 is 0 Å². The van der Waals surface area contributed by atoms with E-state index in [2.05, 4.69) is 0 Å². The molecule has 5 heteroatoms. The Morgan fingerprint density at radius 3 is 2.55 bits per heavy atom. The van der Waals surface area contributed by atoms with Crippen LogP contribution < -0.4 is 0 Å². The second kappa shape index (κ2) is 6.70. The van der Waals surface area contributed by atoms with Crippen molar-refractivity contribution < 1.29 is 17.3 Å². The number of hydrogen-bond acceptors (Lipinski definition) is 4. The zero-order valence-electron chi connectivity index (χ0n) is 12.0. The van der Waals surface area contributed by atoms with Crippen molar-refractivity contribution in [1.82, 2.24) is 0 Å². The van der Waals surface area contributed by atoms with Gasteiger partial charge >= 0.3 is 0 Å². The Bertz CT molecular complexity index is 521. The number of aryl methyl sites for hydroxylation is 1. The highest BCUT2D eigenvalue weighted by Crippen LogP contribution is 2.27. The van der Waals surface area contributed by atoms with E-state index in [1.807, 2.05) is 6.92 Å². The first-order valence-corrected chi connectivity index (χ1v) is 8.41. The Hall–Kier alpha value is -0.910. The lowest BCUT2D eigenvalue weighted by atomic mass is 9.88. The molecule has 1 aromatic rings. The molecule has 0 saturated heterocycles. The molecule has 1 saturated carbocycles. The molecule has 4 nitrogen and oxygen atoms in total. The van der Waals surface area contributed by atoms with Gasteiger partial charge in [-0.05, 0) is 44.2 Å². The smallest absolute Gasteiger partial charge is 0.296 e. The van der Waals surface area contributed by atoms with Gasteiger partial charge < -0.3 is 4.74 Å². The van der Waals surface area contributed by atoms with Crippen molar-refractivity contribution in [1.29, 1.82) is 0 Å². The first kappa shape index (κ1) is 15.5. The van der Waals surface area contributed by atoms with Crippen molar-refractivity contribution in [3.05, 3.63) is 29.8 Å². The lowest BCUT2D eigenvalue weighted by Crippen LogP contribution is -2.25.